The molecule has 1 saturated carbocycles. The van der Waals surface area contributed by atoms with Crippen molar-refractivity contribution in [1.82, 2.24) is 10.2 Å². The highest BCUT2D eigenvalue weighted by Crippen LogP contribution is 2.34. The van der Waals surface area contributed by atoms with Gasteiger partial charge in [0.05, 0.1) is 11.4 Å². The molecule has 4 rings (SSSR count). The van der Waals surface area contributed by atoms with Crippen molar-refractivity contribution < 1.29 is 9.59 Å². The van der Waals surface area contributed by atoms with E-state index < -0.39 is 0 Å². The van der Waals surface area contributed by atoms with Gasteiger partial charge in [-0.2, -0.15) is 0 Å². The highest BCUT2D eigenvalue weighted by atomic mass is 32.2. The normalized spacial score (nSPS) is 24.1. The van der Waals surface area contributed by atoms with Gasteiger partial charge in [-0.3, -0.25) is 9.59 Å². The Kier molecular flexibility index (Phi) is 4.50. The maximum absolute atomic E-state index is 12.3. The van der Waals surface area contributed by atoms with E-state index >= 15 is 0 Å². The molecule has 1 aromatic rings. The van der Waals surface area contributed by atoms with Gasteiger partial charge >= 0.3 is 0 Å². The summed E-state index contributed by atoms with van der Waals surface area (Å²) in [6, 6.07) is 8.60. The summed E-state index contributed by atoms with van der Waals surface area (Å²) in [5.41, 5.74) is 0.856. The second-order valence-electron chi connectivity index (χ2n) is 6.92. The quantitative estimate of drug-likeness (QED) is 0.883. The summed E-state index contributed by atoms with van der Waals surface area (Å²) < 4.78 is 0. The van der Waals surface area contributed by atoms with E-state index in [0.717, 1.165) is 29.7 Å². The van der Waals surface area contributed by atoms with E-state index in [-0.39, 0.29) is 18.4 Å². The Morgan fingerprint density at radius 3 is 2.92 bits per heavy atom. The van der Waals surface area contributed by atoms with E-state index in [1.165, 1.54) is 25.8 Å². The predicted octanol–water partition coefficient (Wildman–Crippen LogP) is 1.73. The number of para-hydroxylation sites is 1. The van der Waals surface area contributed by atoms with Crippen molar-refractivity contribution in [2.24, 2.45) is 5.92 Å². The summed E-state index contributed by atoms with van der Waals surface area (Å²) >= 11 is 1.54. The Bertz CT molecular complexity index is 647. The fourth-order valence-electron chi connectivity index (χ4n) is 3.59. The molecule has 3 aliphatic rings. The van der Waals surface area contributed by atoms with Crippen LogP contribution in [0.2, 0.25) is 0 Å². The molecule has 2 heterocycles. The van der Waals surface area contributed by atoms with Gasteiger partial charge in [-0.05, 0) is 43.9 Å². The molecule has 2 amide bonds. The van der Waals surface area contributed by atoms with Crippen molar-refractivity contribution in [2.45, 2.75) is 30.2 Å². The zero-order chi connectivity index (χ0) is 16.5. The van der Waals surface area contributed by atoms with E-state index in [1.807, 2.05) is 24.3 Å². The van der Waals surface area contributed by atoms with Crippen LogP contribution in [0, 0.1) is 5.92 Å². The number of carbonyl (C=O) groups excluding carboxylic acids is 2. The van der Waals surface area contributed by atoms with Gasteiger partial charge < -0.3 is 15.1 Å². The molecule has 5 nitrogen and oxygen atoms in total. The number of amides is 2. The number of anilines is 1. The third-order valence-corrected chi connectivity index (χ3v) is 6.13. The van der Waals surface area contributed by atoms with Crippen molar-refractivity contribution in [3.63, 3.8) is 0 Å². The van der Waals surface area contributed by atoms with Crippen molar-refractivity contribution in [1.29, 1.82) is 0 Å². The number of nitrogens with zero attached hydrogens (tertiary/aromatic N) is 2. The first-order valence-electron chi connectivity index (χ1n) is 8.73. The Balaban J connectivity index is 1.30. The zero-order valence-electron chi connectivity index (χ0n) is 13.7. The first-order valence-corrected chi connectivity index (χ1v) is 9.72. The van der Waals surface area contributed by atoms with Crippen LogP contribution in [0.1, 0.15) is 19.3 Å². The number of benzene rings is 1. The topological polar surface area (TPSA) is 52.7 Å². The summed E-state index contributed by atoms with van der Waals surface area (Å²) in [7, 11) is 0. The van der Waals surface area contributed by atoms with Gasteiger partial charge in [-0.25, -0.2) is 0 Å². The molecule has 0 bridgehead atoms. The number of thioether (sulfide) groups is 1. The van der Waals surface area contributed by atoms with Crippen molar-refractivity contribution >= 4 is 29.3 Å². The van der Waals surface area contributed by atoms with Crippen molar-refractivity contribution in [3.05, 3.63) is 24.3 Å². The SMILES string of the molecule is O=C(CN1C(=O)CSc2ccccc21)NC[C@@H]1CCN(C2CC2)C1. The van der Waals surface area contributed by atoms with Gasteiger partial charge in [-0.1, -0.05) is 12.1 Å². The van der Waals surface area contributed by atoms with Crippen molar-refractivity contribution in [2.75, 3.05) is 36.8 Å². The number of hydrogen-bond donors (Lipinski definition) is 1. The van der Waals surface area contributed by atoms with Crippen LogP contribution in [0.4, 0.5) is 5.69 Å². The second-order valence-corrected chi connectivity index (χ2v) is 7.94. The molecule has 0 unspecified atom stereocenters. The van der Waals surface area contributed by atoms with E-state index in [1.54, 1.807) is 16.7 Å². The van der Waals surface area contributed by atoms with Gasteiger partial charge in [0.2, 0.25) is 11.8 Å². The molecule has 1 saturated heterocycles. The molecule has 1 N–H and O–H groups in total. The lowest BCUT2D eigenvalue weighted by atomic mass is 10.1. The monoisotopic (exact) mass is 345 g/mol. The summed E-state index contributed by atoms with van der Waals surface area (Å²) in [6.07, 6.45) is 3.85. The molecular formula is C18H23N3O2S. The molecule has 0 spiro atoms. The molecule has 6 heteroatoms. The van der Waals surface area contributed by atoms with E-state index in [2.05, 4.69) is 10.2 Å². The Hall–Kier alpha value is -1.53. The summed E-state index contributed by atoms with van der Waals surface area (Å²) in [5.74, 6) is 0.905. The maximum Gasteiger partial charge on any atom is 0.240 e. The van der Waals surface area contributed by atoms with Crippen molar-refractivity contribution in [3.8, 4) is 0 Å². The van der Waals surface area contributed by atoms with E-state index in [4.69, 9.17) is 0 Å². The standard InChI is InChI=1S/C18H23N3O2S/c22-17(19-9-13-7-8-20(10-13)14-5-6-14)11-21-15-3-1-2-4-16(15)24-12-18(21)23/h1-4,13-14H,5-12H2,(H,19,22)/t13-/m0/s1. The minimum Gasteiger partial charge on any atom is -0.354 e. The van der Waals surface area contributed by atoms with E-state index in [9.17, 15) is 9.59 Å². The van der Waals surface area contributed by atoms with Gasteiger partial charge in [0, 0.05) is 24.0 Å². The van der Waals surface area contributed by atoms with Gasteiger partial charge in [0.25, 0.3) is 0 Å². The largest absolute Gasteiger partial charge is 0.354 e. The van der Waals surface area contributed by atoms with Crippen LogP contribution in [0.25, 0.3) is 0 Å². The van der Waals surface area contributed by atoms with Crippen LogP contribution >= 0.6 is 11.8 Å². The smallest absolute Gasteiger partial charge is 0.240 e. The van der Waals surface area contributed by atoms with Crippen LogP contribution in [-0.4, -0.2) is 54.7 Å². The number of rotatable bonds is 5. The van der Waals surface area contributed by atoms with Crippen LogP contribution in [0.3, 0.4) is 0 Å². The molecule has 1 aromatic carbocycles. The number of likely N-dealkylation sites (tertiary alicyclic amines) is 1. The Labute approximate surface area is 146 Å². The predicted molar refractivity (Wildman–Crippen MR) is 95.2 cm³/mol. The summed E-state index contributed by atoms with van der Waals surface area (Å²) in [4.78, 5) is 29.8. The fourth-order valence-corrected chi connectivity index (χ4v) is 4.52. The van der Waals surface area contributed by atoms with Gasteiger partial charge in [0.1, 0.15) is 6.54 Å². The minimum absolute atomic E-state index is 0.00891. The van der Waals surface area contributed by atoms with Crippen LogP contribution < -0.4 is 10.2 Å². The summed E-state index contributed by atoms with van der Waals surface area (Å²) in [6.45, 7) is 3.11. The summed E-state index contributed by atoms with van der Waals surface area (Å²) in [5, 5.41) is 3.04. The highest BCUT2D eigenvalue weighted by Gasteiger charge is 2.34. The van der Waals surface area contributed by atoms with Gasteiger partial charge in [-0.15, -0.1) is 11.8 Å². The highest BCUT2D eigenvalue weighted by molar-refractivity contribution is 8.00. The molecule has 1 aliphatic carbocycles. The Morgan fingerprint density at radius 2 is 2.08 bits per heavy atom. The number of hydrogen-bond acceptors (Lipinski definition) is 4. The first-order chi connectivity index (χ1) is 11.7. The molecule has 0 radical (unpaired) electrons. The third-order valence-electron chi connectivity index (χ3n) is 5.08. The number of nitrogens with one attached hydrogen (secondary N) is 1. The molecule has 1 atom stereocenters. The lowest BCUT2D eigenvalue weighted by Crippen LogP contribution is -2.44. The number of fused-ring (bicyclic) bond motifs is 1. The fraction of sp³-hybridized carbons (Fsp3) is 0.556. The molecule has 2 aliphatic heterocycles. The molecule has 24 heavy (non-hydrogen) atoms. The van der Waals surface area contributed by atoms with Crippen LogP contribution in [0.5, 0.6) is 0 Å². The minimum atomic E-state index is -0.0603. The molecule has 0 aromatic heterocycles. The molecule has 128 valence electrons. The average Bonchev–Trinajstić information content (AvgIpc) is 3.34. The second kappa shape index (κ2) is 6.76. The molecular weight excluding hydrogens is 322 g/mol. The molecule has 2 fully saturated rings. The Morgan fingerprint density at radius 1 is 1.25 bits per heavy atom. The average molecular weight is 345 g/mol. The first kappa shape index (κ1) is 16.0. The zero-order valence-corrected chi connectivity index (χ0v) is 14.6. The number of carbonyl (C=O) groups is 2. The third kappa shape index (κ3) is 3.44. The lowest BCUT2D eigenvalue weighted by Gasteiger charge is -2.28. The van der Waals surface area contributed by atoms with E-state index in [0.29, 0.717) is 11.7 Å². The van der Waals surface area contributed by atoms with Crippen LogP contribution in [-0.2, 0) is 9.59 Å². The van der Waals surface area contributed by atoms with Crippen LogP contribution in [0.15, 0.2) is 29.2 Å². The van der Waals surface area contributed by atoms with Gasteiger partial charge in [0.15, 0.2) is 0 Å². The maximum atomic E-state index is 12.3. The lowest BCUT2D eigenvalue weighted by molar-refractivity contribution is -0.123.